The average Bonchev–Trinajstić information content (AvgIpc) is 3.18. The van der Waals surface area contributed by atoms with Gasteiger partial charge in [0.15, 0.2) is 11.4 Å². The van der Waals surface area contributed by atoms with Gasteiger partial charge in [-0.1, -0.05) is 42.7 Å². The van der Waals surface area contributed by atoms with Crippen molar-refractivity contribution in [3.63, 3.8) is 0 Å². The lowest BCUT2D eigenvalue weighted by Gasteiger charge is -2.21. The molecule has 3 amide bonds. The second-order valence-electron chi connectivity index (χ2n) is 9.02. The summed E-state index contributed by atoms with van der Waals surface area (Å²) in [4.78, 5) is 52.6. The molecular formula is C25H24N2O5. The number of carbonyl (C=O) groups excluding carboxylic acids is 4. The first kappa shape index (κ1) is 20.6. The van der Waals surface area contributed by atoms with E-state index in [-0.39, 0.29) is 29.2 Å². The Morgan fingerprint density at radius 3 is 2.44 bits per heavy atom. The molecule has 7 heteroatoms. The van der Waals surface area contributed by atoms with Gasteiger partial charge in [0, 0.05) is 16.8 Å². The Morgan fingerprint density at radius 1 is 1.06 bits per heavy atom. The van der Waals surface area contributed by atoms with Crippen molar-refractivity contribution >= 4 is 34.9 Å². The van der Waals surface area contributed by atoms with Crippen LogP contribution in [0.3, 0.4) is 0 Å². The number of rotatable bonds is 4. The van der Waals surface area contributed by atoms with Crippen LogP contribution in [-0.4, -0.2) is 28.6 Å². The van der Waals surface area contributed by atoms with Gasteiger partial charge in [0.25, 0.3) is 5.91 Å². The highest BCUT2D eigenvalue weighted by atomic mass is 16.3. The van der Waals surface area contributed by atoms with Gasteiger partial charge >= 0.3 is 0 Å². The Labute approximate surface area is 185 Å². The molecule has 3 atom stereocenters. The maximum atomic E-state index is 13.1. The van der Waals surface area contributed by atoms with Crippen molar-refractivity contribution in [2.45, 2.75) is 44.6 Å². The number of carbonyl (C=O) groups is 4. The van der Waals surface area contributed by atoms with Crippen molar-refractivity contribution in [2.75, 3.05) is 10.2 Å². The number of ketones is 1. The van der Waals surface area contributed by atoms with Gasteiger partial charge in [0.1, 0.15) is 0 Å². The molecule has 3 aliphatic rings. The van der Waals surface area contributed by atoms with Gasteiger partial charge in [-0.15, -0.1) is 0 Å². The number of anilines is 2. The summed E-state index contributed by atoms with van der Waals surface area (Å²) in [5.41, 5.74) is 0.352. The van der Waals surface area contributed by atoms with E-state index < -0.39 is 23.7 Å². The lowest BCUT2D eigenvalue weighted by molar-refractivity contribution is -0.133. The topological polar surface area (TPSA) is 104 Å². The summed E-state index contributed by atoms with van der Waals surface area (Å²) in [6.07, 6.45) is 2.87. The number of fused-ring (bicyclic) bond motifs is 2. The fourth-order valence-corrected chi connectivity index (χ4v) is 5.20. The van der Waals surface area contributed by atoms with Gasteiger partial charge in [-0.2, -0.15) is 0 Å². The number of aliphatic hydroxyl groups is 1. The fraction of sp³-hybridized carbons (Fsp3) is 0.360. The van der Waals surface area contributed by atoms with Crippen LogP contribution in [0.5, 0.6) is 0 Å². The number of aryl methyl sites for hydroxylation is 1. The summed E-state index contributed by atoms with van der Waals surface area (Å²) in [6.45, 7) is 1.84. The number of nitrogens with zero attached hydrogens (tertiary/aromatic N) is 1. The predicted molar refractivity (Wildman–Crippen MR) is 117 cm³/mol. The van der Waals surface area contributed by atoms with Crippen LogP contribution in [0.25, 0.3) is 0 Å². The van der Waals surface area contributed by atoms with E-state index in [4.69, 9.17) is 0 Å². The Bertz CT molecular complexity index is 1150. The van der Waals surface area contributed by atoms with Gasteiger partial charge in [-0.3, -0.25) is 24.1 Å². The van der Waals surface area contributed by atoms with E-state index in [2.05, 4.69) is 5.32 Å². The summed E-state index contributed by atoms with van der Waals surface area (Å²) < 4.78 is 0. The zero-order chi connectivity index (χ0) is 22.6. The third-order valence-corrected chi connectivity index (χ3v) is 6.93. The van der Waals surface area contributed by atoms with Crippen molar-refractivity contribution < 1.29 is 24.3 Å². The quantitative estimate of drug-likeness (QED) is 0.571. The van der Waals surface area contributed by atoms with Gasteiger partial charge in [0.2, 0.25) is 11.8 Å². The van der Waals surface area contributed by atoms with E-state index in [1.54, 1.807) is 30.3 Å². The molecule has 2 heterocycles. The molecule has 5 rings (SSSR count). The molecule has 1 saturated carbocycles. The van der Waals surface area contributed by atoms with E-state index in [1.807, 2.05) is 13.0 Å². The van der Waals surface area contributed by atoms with Crippen molar-refractivity contribution in [1.82, 2.24) is 0 Å². The van der Waals surface area contributed by atoms with Crippen molar-refractivity contribution in [1.29, 1.82) is 0 Å². The minimum Gasteiger partial charge on any atom is -0.375 e. The standard InChI is InChI=1S/C25H24N2O5/c1-14-9-10-20-19(11-14)25(32,24(31)26-20)13-21(28)15-5-4-6-16(12-15)27-22(29)17-7-2-3-8-18(17)23(27)30/h4-6,9-12,17-18,32H,2-3,7-8,13H2,1H3,(H,26,31)/t17-,18+,25-/m0/s1. The zero-order valence-electron chi connectivity index (χ0n) is 17.8. The molecule has 0 radical (unpaired) electrons. The third-order valence-electron chi connectivity index (χ3n) is 6.93. The molecule has 2 aromatic carbocycles. The van der Waals surface area contributed by atoms with Gasteiger partial charge in [-0.05, 0) is 38.0 Å². The largest absolute Gasteiger partial charge is 0.375 e. The SMILES string of the molecule is Cc1ccc2c(c1)[C@@](O)(CC(=O)c1cccc(N3C(=O)[C@H]4CCCC[C@H]4C3=O)c1)C(=O)N2. The number of imide groups is 1. The van der Waals surface area contributed by atoms with E-state index in [0.29, 0.717) is 29.8 Å². The fourth-order valence-electron chi connectivity index (χ4n) is 5.20. The molecule has 32 heavy (non-hydrogen) atoms. The summed E-state index contributed by atoms with van der Waals surface area (Å²) in [7, 11) is 0. The number of Topliss-reactive ketones (excluding diaryl/α,β-unsaturated/α-hetero) is 1. The van der Waals surface area contributed by atoms with Gasteiger partial charge in [0.05, 0.1) is 23.9 Å². The molecule has 164 valence electrons. The second kappa shape index (κ2) is 7.38. The second-order valence-corrected chi connectivity index (χ2v) is 9.02. The summed E-state index contributed by atoms with van der Waals surface area (Å²) >= 11 is 0. The maximum absolute atomic E-state index is 13.1. The van der Waals surface area contributed by atoms with E-state index in [9.17, 15) is 24.3 Å². The molecule has 1 saturated heterocycles. The number of hydrogen-bond acceptors (Lipinski definition) is 5. The predicted octanol–water partition coefficient (Wildman–Crippen LogP) is 3.09. The zero-order valence-corrected chi connectivity index (χ0v) is 17.8. The lowest BCUT2D eigenvalue weighted by Crippen LogP contribution is -2.36. The number of benzene rings is 2. The highest BCUT2D eigenvalue weighted by Crippen LogP contribution is 2.41. The first-order valence-electron chi connectivity index (χ1n) is 11.0. The van der Waals surface area contributed by atoms with Gasteiger partial charge in [-0.25, -0.2) is 0 Å². The number of amides is 3. The van der Waals surface area contributed by atoms with E-state index >= 15 is 0 Å². The molecular weight excluding hydrogens is 408 g/mol. The Kier molecular flexibility index (Phi) is 4.74. The van der Waals surface area contributed by atoms with Crippen LogP contribution in [0, 0.1) is 18.8 Å². The Balaban J connectivity index is 1.43. The Morgan fingerprint density at radius 2 is 1.75 bits per heavy atom. The monoisotopic (exact) mass is 432 g/mol. The van der Waals surface area contributed by atoms with Crippen LogP contribution < -0.4 is 10.2 Å². The van der Waals surface area contributed by atoms with Crippen LogP contribution >= 0.6 is 0 Å². The van der Waals surface area contributed by atoms with Crippen LogP contribution in [0.4, 0.5) is 11.4 Å². The summed E-state index contributed by atoms with van der Waals surface area (Å²) in [6, 6.07) is 11.5. The summed E-state index contributed by atoms with van der Waals surface area (Å²) in [5.74, 6) is -2.06. The molecule has 2 aromatic rings. The highest BCUT2D eigenvalue weighted by Gasteiger charge is 2.49. The smallest absolute Gasteiger partial charge is 0.261 e. The maximum Gasteiger partial charge on any atom is 0.261 e. The molecule has 0 spiro atoms. The molecule has 0 unspecified atom stereocenters. The van der Waals surface area contributed by atoms with E-state index in [1.165, 1.54) is 11.0 Å². The first-order valence-corrected chi connectivity index (χ1v) is 11.0. The average molecular weight is 432 g/mol. The molecule has 0 bridgehead atoms. The molecule has 1 aliphatic carbocycles. The van der Waals surface area contributed by atoms with Gasteiger partial charge < -0.3 is 10.4 Å². The Hall–Kier alpha value is -3.32. The van der Waals surface area contributed by atoms with Crippen LogP contribution in [0.15, 0.2) is 42.5 Å². The molecule has 2 aliphatic heterocycles. The number of nitrogens with one attached hydrogen (secondary N) is 1. The number of hydrogen-bond donors (Lipinski definition) is 2. The minimum absolute atomic E-state index is 0.206. The highest BCUT2D eigenvalue weighted by molar-refractivity contribution is 6.22. The first-order chi connectivity index (χ1) is 15.3. The normalized spacial score (nSPS) is 26.7. The van der Waals surface area contributed by atoms with Crippen LogP contribution in [0.2, 0.25) is 0 Å². The lowest BCUT2D eigenvalue weighted by atomic mass is 9.81. The van der Waals surface area contributed by atoms with Crippen molar-refractivity contribution in [2.24, 2.45) is 11.8 Å². The van der Waals surface area contributed by atoms with E-state index in [0.717, 1.165) is 18.4 Å². The molecule has 0 aromatic heterocycles. The summed E-state index contributed by atoms with van der Waals surface area (Å²) in [5, 5.41) is 13.8. The van der Waals surface area contributed by atoms with Crippen LogP contribution in [-0.2, 0) is 20.0 Å². The molecule has 2 N–H and O–H groups in total. The van der Waals surface area contributed by atoms with Crippen molar-refractivity contribution in [3.05, 3.63) is 59.2 Å². The van der Waals surface area contributed by atoms with Crippen molar-refractivity contribution in [3.8, 4) is 0 Å². The third kappa shape index (κ3) is 3.07. The van der Waals surface area contributed by atoms with Crippen LogP contribution in [0.1, 0.15) is 53.6 Å². The molecule has 2 fully saturated rings. The molecule has 7 nitrogen and oxygen atoms in total. The minimum atomic E-state index is -1.97.